The van der Waals surface area contributed by atoms with E-state index < -0.39 is 5.60 Å². The Morgan fingerprint density at radius 3 is 2.62 bits per heavy atom. The molecule has 0 aliphatic rings. The van der Waals surface area contributed by atoms with Gasteiger partial charge in [-0.2, -0.15) is 0 Å². The van der Waals surface area contributed by atoms with E-state index in [0.717, 1.165) is 0 Å². The van der Waals surface area contributed by atoms with Crippen LogP contribution in [0.15, 0.2) is 12.7 Å². The lowest BCUT2D eigenvalue weighted by Crippen LogP contribution is -2.40. The first-order chi connectivity index (χ1) is 5.87. The molecule has 0 aromatic heterocycles. The van der Waals surface area contributed by atoms with Crippen molar-refractivity contribution >= 4 is 5.91 Å². The van der Waals surface area contributed by atoms with E-state index >= 15 is 0 Å². The van der Waals surface area contributed by atoms with Crippen molar-refractivity contribution in [3.8, 4) is 0 Å². The number of nitrogens with one attached hydrogen (secondary N) is 1. The zero-order valence-electron chi connectivity index (χ0n) is 8.63. The SMILES string of the molecule is C=CC(=O)NCC(C)(O)CC(C)C. The molecular weight excluding hydrogens is 166 g/mol. The molecule has 13 heavy (non-hydrogen) atoms. The Morgan fingerprint density at radius 1 is 1.69 bits per heavy atom. The molecule has 1 amide bonds. The summed E-state index contributed by atoms with van der Waals surface area (Å²) >= 11 is 0. The minimum absolute atomic E-state index is 0.246. The average Bonchev–Trinajstić information content (AvgIpc) is 1.98. The van der Waals surface area contributed by atoms with Crippen LogP contribution in [-0.2, 0) is 4.79 Å². The van der Waals surface area contributed by atoms with E-state index in [2.05, 4.69) is 11.9 Å². The Labute approximate surface area is 79.8 Å². The molecule has 76 valence electrons. The van der Waals surface area contributed by atoms with E-state index in [-0.39, 0.29) is 12.5 Å². The first kappa shape index (κ1) is 12.2. The van der Waals surface area contributed by atoms with Crippen molar-refractivity contribution in [1.82, 2.24) is 5.32 Å². The van der Waals surface area contributed by atoms with Crippen LogP contribution in [0.1, 0.15) is 27.2 Å². The smallest absolute Gasteiger partial charge is 0.243 e. The molecule has 0 aromatic carbocycles. The maximum atomic E-state index is 10.8. The van der Waals surface area contributed by atoms with Gasteiger partial charge in [-0.05, 0) is 25.3 Å². The number of amides is 1. The molecule has 0 rings (SSSR count). The Hall–Kier alpha value is -0.830. The standard InChI is InChI=1S/C10H19NO2/c1-5-9(12)11-7-10(4,13)6-8(2)3/h5,8,13H,1,6-7H2,2-4H3,(H,11,12). The molecule has 0 spiro atoms. The molecule has 0 fully saturated rings. The molecule has 1 unspecified atom stereocenters. The second kappa shape index (κ2) is 5.02. The molecule has 0 aromatic rings. The minimum atomic E-state index is -0.827. The van der Waals surface area contributed by atoms with E-state index in [1.165, 1.54) is 6.08 Å². The topological polar surface area (TPSA) is 49.3 Å². The quantitative estimate of drug-likeness (QED) is 0.630. The van der Waals surface area contributed by atoms with Crippen molar-refractivity contribution in [1.29, 1.82) is 0 Å². The Bertz CT molecular complexity index is 185. The molecule has 0 radical (unpaired) electrons. The van der Waals surface area contributed by atoms with Crippen LogP contribution in [0.25, 0.3) is 0 Å². The fourth-order valence-electron chi connectivity index (χ4n) is 1.30. The van der Waals surface area contributed by atoms with E-state index in [9.17, 15) is 9.90 Å². The second-order valence-corrected chi connectivity index (χ2v) is 4.02. The van der Waals surface area contributed by atoms with Crippen LogP contribution in [0.2, 0.25) is 0 Å². The van der Waals surface area contributed by atoms with Gasteiger partial charge in [-0.3, -0.25) is 4.79 Å². The molecular formula is C10H19NO2. The lowest BCUT2D eigenvalue weighted by atomic mass is 9.94. The predicted octanol–water partition coefficient (Wildman–Crippen LogP) is 1.09. The molecule has 0 bridgehead atoms. The van der Waals surface area contributed by atoms with Gasteiger partial charge in [0.15, 0.2) is 0 Å². The fraction of sp³-hybridized carbons (Fsp3) is 0.700. The maximum absolute atomic E-state index is 10.8. The van der Waals surface area contributed by atoms with E-state index in [1.807, 2.05) is 13.8 Å². The number of carbonyl (C=O) groups is 1. The molecule has 3 nitrogen and oxygen atoms in total. The van der Waals surface area contributed by atoms with Crippen LogP contribution >= 0.6 is 0 Å². The summed E-state index contributed by atoms with van der Waals surface area (Å²) in [6.45, 7) is 9.38. The van der Waals surface area contributed by atoms with E-state index in [0.29, 0.717) is 12.3 Å². The van der Waals surface area contributed by atoms with Gasteiger partial charge in [0.25, 0.3) is 0 Å². The van der Waals surface area contributed by atoms with Gasteiger partial charge in [0, 0.05) is 6.54 Å². The lowest BCUT2D eigenvalue weighted by Gasteiger charge is -2.25. The van der Waals surface area contributed by atoms with Crippen LogP contribution in [0.3, 0.4) is 0 Å². The Balaban J connectivity index is 3.88. The third-order valence-electron chi connectivity index (χ3n) is 1.68. The molecule has 2 N–H and O–H groups in total. The number of rotatable bonds is 5. The van der Waals surface area contributed by atoms with Crippen molar-refractivity contribution in [2.45, 2.75) is 32.8 Å². The van der Waals surface area contributed by atoms with Crippen molar-refractivity contribution < 1.29 is 9.90 Å². The van der Waals surface area contributed by atoms with Gasteiger partial charge in [-0.1, -0.05) is 20.4 Å². The molecule has 3 heteroatoms. The highest BCUT2D eigenvalue weighted by atomic mass is 16.3. The van der Waals surface area contributed by atoms with E-state index in [1.54, 1.807) is 6.92 Å². The van der Waals surface area contributed by atoms with Crippen molar-refractivity contribution in [3.63, 3.8) is 0 Å². The van der Waals surface area contributed by atoms with Gasteiger partial charge in [-0.15, -0.1) is 0 Å². The number of hydrogen-bond donors (Lipinski definition) is 2. The van der Waals surface area contributed by atoms with Crippen molar-refractivity contribution in [3.05, 3.63) is 12.7 Å². The highest BCUT2D eigenvalue weighted by Crippen LogP contribution is 2.14. The third kappa shape index (κ3) is 6.34. The first-order valence-electron chi connectivity index (χ1n) is 4.50. The lowest BCUT2D eigenvalue weighted by molar-refractivity contribution is -0.117. The van der Waals surface area contributed by atoms with Crippen molar-refractivity contribution in [2.75, 3.05) is 6.54 Å². The van der Waals surface area contributed by atoms with Gasteiger partial charge in [-0.25, -0.2) is 0 Å². The summed E-state index contributed by atoms with van der Waals surface area (Å²) in [5.74, 6) is 0.166. The van der Waals surface area contributed by atoms with Gasteiger partial charge < -0.3 is 10.4 Å². The van der Waals surface area contributed by atoms with Gasteiger partial charge >= 0.3 is 0 Å². The number of hydrogen-bond acceptors (Lipinski definition) is 2. The highest BCUT2D eigenvalue weighted by molar-refractivity contribution is 5.86. The van der Waals surface area contributed by atoms with Crippen LogP contribution in [0.4, 0.5) is 0 Å². The molecule has 1 atom stereocenters. The van der Waals surface area contributed by atoms with Crippen LogP contribution < -0.4 is 5.32 Å². The van der Waals surface area contributed by atoms with E-state index in [4.69, 9.17) is 0 Å². The van der Waals surface area contributed by atoms with Gasteiger partial charge in [0.05, 0.1) is 5.60 Å². The first-order valence-corrected chi connectivity index (χ1v) is 4.50. The number of aliphatic hydroxyl groups is 1. The summed E-state index contributed by atoms with van der Waals surface area (Å²) < 4.78 is 0. The third-order valence-corrected chi connectivity index (χ3v) is 1.68. The van der Waals surface area contributed by atoms with Crippen LogP contribution in [-0.4, -0.2) is 23.2 Å². The summed E-state index contributed by atoms with van der Waals surface area (Å²) in [4.78, 5) is 10.8. The zero-order valence-corrected chi connectivity index (χ0v) is 8.63. The number of carbonyl (C=O) groups excluding carboxylic acids is 1. The fourth-order valence-corrected chi connectivity index (χ4v) is 1.30. The molecule has 0 aliphatic carbocycles. The highest BCUT2D eigenvalue weighted by Gasteiger charge is 2.21. The monoisotopic (exact) mass is 185 g/mol. The van der Waals surface area contributed by atoms with Gasteiger partial charge in [0.1, 0.15) is 0 Å². The average molecular weight is 185 g/mol. The minimum Gasteiger partial charge on any atom is -0.388 e. The normalized spacial score (nSPS) is 15.2. The Kier molecular flexibility index (Phi) is 4.70. The van der Waals surface area contributed by atoms with Gasteiger partial charge in [0.2, 0.25) is 5.91 Å². The molecule has 0 heterocycles. The summed E-state index contributed by atoms with van der Waals surface area (Å²) in [5.41, 5.74) is -0.827. The Morgan fingerprint density at radius 2 is 2.23 bits per heavy atom. The zero-order chi connectivity index (χ0) is 10.5. The maximum Gasteiger partial charge on any atom is 0.243 e. The summed E-state index contributed by atoms with van der Waals surface area (Å²) in [6, 6.07) is 0. The second-order valence-electron chi connectivity index (χ2n) is 4.02. The molecule has 0 saturated carbocycles. The van der Waals surface area contributed by atoms with Crippen molar-refractivity contribution in [2.24, 2.45) is 5.92 Å². The summed E-state index contributed by atoms with van der Waals surface area (Å²) in [7, 11) is 0. The van der Waals surface area contributed by atoms with Crippen LogP contribution in [0, 0.1) is 5.92 Å². The summed E-state index contributed by atoms with van der Waals surface area (Å²) in [6.07, 6.45) is 1.87. The predicted molar refractivity (Wildman–Crippen MR) is 53.3 cm³/mol. The summed E-state index contributed by atoms with van der Waals surface area (Å²) in [5, 5.41) is 12.4. The molecule has 0 saturated heterocycles. The molecule has 0 aliphatic heterocycles. The largest absolute Gasteiger partial charge is 0.388 e. The van der Waals surface area contributed by atoms with Crippen LogP contribution in [0.5, 0.6) is 0 Å².